The molecule has 27 heavy (non-hydrogen) atoms. The first-order valence-electron chi connectivity index (χ1n) is 9.11. The van der Waals surface area contributed by atoms with Gasteiger partial charge in [-0.3, -0.25) is 10.3 Å². The first-order chi connectivity index (χ1) is 13.1. The third-order valence-electron chi connectivity index (χ3n) is 4.70. The molecule has 0 atom stereocenters. The van der Waals surface area contributed by atoms with E-state index in [4.69, 9.17) is 22.7 Å². The van der Waals surface area contributed by atoms with Gasteiger partial charge in [-0.1, -0.05) is 30.3 Å². The number of nitrogens with two attached hydrogens (primary N) is 1. The van der Waals surface area contributed by atoms with Gasteiger partial charge in [0, 0.05) is 11.3 Å². The summed E-state index contributed by atoms with van der Waals surface area (Å²) in [6.45, 7) is 4.98. The first kappa shape index (κ1) is 19.1. The number of piperazine rings is 1. The fourth-order valence-corrected chi connectivity index (χ4v) is 3.38. The van der Waals surface area contributed by atoms with Crippen LogP contribution in [0, 0.1) is 0 Å². The quantitative estimate of drug-likeness (QED) is 0.349. The average Bonchev–Trinajstić information content (AvgIpc) is 2.70. The minimum Gasteiger partial charge on any atom is -0.497 e. The van der Waals surface area contributed by atoms with Crippen LogP contribution in [0.25, 0.3) is 0 Å². The van der Waals surface area contributed by atoms with Crippen LogP contribution in [-0.4, -0.2) is 48.9 Å². The van der Waals surface area contributed by atoms with E-state index in [0.29, 0.717) is 11.1 Å². The lowest BCUT2D eigenvalue weighted by Gasteiger charge is -2.25. The van der Waals surface area contributed by atoms with Gasteiger partial charge in [0.15, 0.2) is 0 Å². The molecule has 0 unspecified atom stereocenters. The molecule has 0 spiro atoms. The van der Waals surface area contributed by atoms with Crippen LogP contribution < -0.4 is 26.0 Å². The molecule has 5 N–H and O–H groups in total. The zero-order chi connectivity index (χ0) is 19.1. The number of methoxy groups -OCH3 is 1. The number of hydrogen-bond acceptors (Lipinski definition) is 2. The van der Waals surface area contributed by atoms with Gasteiger partial charge < -0.3 is 15.0 Å². The molecule has 0 aromatic heterocycles. The number of thiocarbonyl (C=S) groups is 1. The summed E-state index contributed by atoms with van der Waals surface area (Å²) in [6, 6.07) is 18.2. The number of quaternary nitrogens is 1. The lowest BCUT2D eigenvalue weighted by atomic mass is 10.2. The molecule has 6 nitrogen and oxygen atoms in total. The van der Waals surface area contributed by atoms with Crippen molar-refractivity contribution in [3.8, 4) is 5.75 Å². The maximum atomic E-state index is 6.22. The minimum absolute atomic E-state index is 0.483. The zero-order valence-corrected chi connectivity index (χ0v) is 16.4. The molecule has 0 bridgehead atoms. The van der Waals surface area contributed by atoms with Crippen LogP contribution in [0.1, 0.15) is 5.56 Å². The van der Waals surface area contributed by atoms with Crippen LogP contribution in [0.3, 0.4) is 0 Å². The highest BCUT2D eigenvalue weighted by molar-refractivity contribution is 7.80. The average molecular weight is 386 g/mol. The van der Waals surface area contributed by atoms with Crippen LogP contribution in [0.15, 0.2) is 54.6 Å². The third kappa shape index (κ3) is 5.67. The maximum absolute atomic E-state index is 6.22. The summed E-state index contributed by atoms with van der Waals surface area (Å²) < 4.78 is 7.30. The Balaban J connectivity index is 1.48. The highest BCUT2D eigenvalue weighted by Gasteiger charge is 2.21. The predicted molar refractivity (Wildman–Crippen MR) is 112 cm³/mol. The number of benzene rings is 2. The van der Waals surface area contributed by atoms with Crippen molar-refractivity contribution in [1.29, 1.82) is 0 Å². The number of anilines is 1. The van der Waals surface area contributed by atoms with Crippen molar-refractivity contribution in [2.45, 2.75) is 6.54 Å². The van der Waals surface area contributed by atoms with Crippen molar-refractivity contribution in [2.24, 2.45) is 5.73 Å². The summed E-state index contributed by atoms with van der Waals surface area (Å²) in [5, 5.41) is 6.71. The molecule has 0 amide bonds. The Labute approximate surface area is 165 Å². The highest BCUT2D eigenvalue weighted by Crippen LogP contribution is 2.14. The molecule has 7 heteroatoms. The second-order valence-corrected chi connectivity index (χ2v) is 7.00. The Morgan fingerprint density at radius 1 is 1.11 bits per heavy atom. The summed E-state index contributed by atoms with van der Waals surface area (Å²) in [5.41, 5.74) is 8.48. The standard InChI is InChI=1S/C20H25N5OS/c1-26-18-9-7-17(8-10-18)22-20(27)23-19(21)25-13-11-24(12-14-25)15-16-5-3-2-4-6-16/h2-10H,11-15H2,1H3,(H3,21,22,23,27)/p+2. The van der Waals surface area contributed by atoms with Crippen LogP contribution in [-0.2, 0) is 6.54 Å². The predicted octanol–water partition coefficient (Wildman–Crippen LogP) is 0.408. The maximum Gasteiger partial charge on any atom is 0.350 e. The minimum atomic E-state index is 0.483. The number of ether oxygens (including phenoxy) is 1. The Morgan fingerprint density at radius 3 is 2.41 bits per heavy atom. The van der Waals surface area contributed by atoms with E-state index in [9.17, 15) is 0 Å². The van der Waals surface area contributed by atoms with Crippen molar-refractivity contribution < 1.29 is 14.2 Å². The Kier molecular flexibility index (Phi) is 6.62. The van der Waals surface area contributed by atoms with Gasteiger partial charge >= 0.3 is 5.96 Å². The molecule has 142 valence electrons. The first-order valence-corrected chi connectivity index (χ1v) is 9.52. The molecule has 1 aliphatic heterocycles. The van der Waals surface area contributed by atoms with Gasteiger partial charge in [0.1, 0.15) is 38.5 Å². The van der Waals surface area contributed by atoms with Gasteiger partial charge in [-0.05, 0) is 36.5 Å². The van der Waals surface area contributed by atoms with Crippen LogP contribution in [0.4, 0.5) is 5.69 Å². The van der Waals surface area contributed by atoms with Crippen molar-refractivity contribution in [1.82, 2.24) is 5.32 Å². The van der Waals surface area contributed by atoms with Gasteiger partial charge in [0.05, 0.1) is 7.11 Å². The summed E-state index contributed by atoms with van der Waals surface area (Å²) in [4.78, 5) is 1.57. The van der Waals surface area contributed by atoms with Gasteiger partial charge in [-0.25, -0.2) is 5.32 Å². The second kappa shape index (κ2) is 9.34. The molecule has 2 aromatic rings. The van der Waals surface area contributed by atoms with Crippen LogP contribution >= 0.6 is 12.2 Å². The largest absolute Gasteiger partial charge is 0.497 e. The van der Waals surface area contributed by atoms with E-state index < -0.39 is 0 Å². The summed E-state index contributed by atoms with van der Waals surface area (Å²) >= 11 is 5.37. The molecule has 3 rings (SSSR count). The van der Waals surface area contributed by atoms with Gasteiger partial charge in [-0.15, -0.1) is 0 Å². The van der Waals surface area contributed by atoms with Crippen molar-refractivity contribution >= 4 is 29.0 Å². The fraction of sp³-hybridized carbons (Fsp3) is 0.300. The molecule has 2 aromatic carbocycles. The van der Waals surface area contributed by atoms with E-state index in [1.807, 2.05) is 24.3 Å². The molecule has 0 aliphatic carbocycles. The van der Waals surface area contributed by atoms with Crippen molar-refractivity contribution in [3.63, 3.8) is 0 Å². The van der Waals surface area contributed by atoms with E-state index in [-0.39, 0.29) is 0 Å². The Morgan fingerprint density at radius 2 is 1.78 bits per heavy atom. The number of guanidine groups is 1. The number of nitrogens with zero attached hydrogens (tertiary/aromatic N) is 1. The van der Waals surface area contributed by atoms with E-state index >= 15 is 0 Å². The number of nitrogens with one attached hydrogen (secondary N) is 3. The molecular formula is C20H27N5OS+2. The molecule has 0 radical (unpaired) electrons. The van der Waals surface area contributed by atoms with E-state index in [1.165, 1.54) is 5.56 Å². The number of hydrogen-bond donors (Lipinski definition) is 4. The second-order valence-electron chi connectivity index (χ2n) is 6.59. The van der Waals surface area contributed by atoms with Crippen molar-refractivity contribution in [3.05, 3.63) is 60.2 Å². The monoisotopic (exact) mass is 385 g/mol. The molecule has 1 aliphatic rings. The van der Waals surface area contributed by atoms with Gasteiger partial charge in [0.2, 0.25) is 5.11 Å². The van der Waals surface area contributed by atoms with E-state index in [0.717, 1.165) is 44.2 Å². The smallest absolute Gasteiger partial charge is 0.350 e. The molecule has 1 saturated heterocycles. The van der Waals surface area contributed by atoms with Gasteiger partial charge in [0.25, 0.3) is 0 Å². The summed E-state index contributed by atoms with van der Waals surface area (Å²) in [6.07, 6.45) is 0. The Bertz CT molecular complexity index is 782. The Hall–Kier alpha value is -2.64. The van der Waals surface area contributed by atoms with Gasteiger partial charge in [-0.2, -0.15) is 0 Å². The summed E-state index contributed by atoms with van der Waals surface area (Å²) in [7, 11) is 1.64. The van der Waals surface area contributed by atoms with E-state index in [2.05, 4.69) is 45.5 Å². The SMILES string of the molecule is COc1ccc(NC(=S)NC(N)=[N+]2CC[NH+](Cc3ccccc3)CC2)cc1. The molecular weight excluding hydrogens is 358 g/mol. The molecule has 0 saturated carbocycles. The normalized spacial score (nSPS) is 16.5. The lowest BCUT2D eigenvalue weighted by Crippen LogP contribution is -3.13. The van der Waals surface area contributed by atoms with E-state index in [1.54, 1.807) is 12.0 Å². The lowest BCUT2D eigenvalue weighted by molar-refractivity contribution is -0.944. The fourth-order valence-electron chi connectivity index (χ4n) is 3.16. The van der Waals surface area contributed by atoms with Crippen LogP contribution in [0.5, 0.6) is 5.75 Å². The summed E-state index contributed by atoms with van der Waals surface area (Å²) in [5.74, 6) is 1.40. The zero-order valence-electron chi connectivity index (χ0n) is 15.6. The molecule has 1 heterocycles. The topological polar surface area (TPSA) is 66.8 Å². The third-order valence-corrected chi connectivity index (χ3v) is 4.90. The molecule has 1 fully saturated rings. The number of rotatable bonds is 4. The van der Waals surface area contributed by atoms with Crippen LogP contribution in [0.2, 0.25) is 0 Å². The highest BCUT2D eigenvalue weighted by atomic mass is 32.1. The van der Waals surface area contributed by atoms with Crippen molar-refractivity contribution in [2.75, 3.05) is 38.6 Å².